The molecule has 0 spiro atoms. The zero-order chi connectivity index (χ0) is 24.2. The van der Waals surface area contributed by atoms with E-state index in [0.29, 0.717) is 30.8 Å². The number of rotatable bonds is 8. The molecule has 1 aliphatic heterocycles. The zero-order valence-electron chi connectivity index (χ0n) is 19.7. The van der Waals surface area contributed by atoms with Crippen molar-refractivity contribution in [1.82, 2.24) is 14.7 Å². The van der Waals surface area contributed by atoms with Gasteiger partial charge in [0.15, 0.2) is 10.9 Å². The topological polar surface area (TPSA) is 81.5 Å². The number of piperidine rings is 1. The molecule has 2 heterocycles. The lowest BCUT2D eigenvalue weighted by Gasteiger charge is -2.38. The van der Waals surface area contributed by atoms with Crippen LogP contribution in [0.5, 0.6) is 0 Å². The van der Waals surface area contributed by atoms with Crippen LogP contribution in [0.1, 0.15) is 43.5 Å². The Morgan fingerprint density at radius 1 is 1.23 bits per heavy atom. The molecule has 1 aromatic heterocycles. The predicted molar refractivity (Wildman–Crippen MR) is 135 cm³/mol. The number of hydrogen-bond donors (Lipinski definition) is 0. The summed E-state index contributed by atoms with van der Waals surface area (Å²) in [5.74, 6) is -0.740. The molecule has 0 bridgehead atoms. The Hall–Kier alpha value is -2.49. The van der Waals surface area contributed by atoms with Crippen LogP contribution in [0.2, 0.25) is 0 Å². The molecule has 0 amide bonds. The number of esters is 1. The van der Waals surface area contributed by atoms with Gasteiger partial charge in [0.2, 0.25) is 0 Å². The fourth-order valence-electron chi connectivity index (χ4n) is 4.32. The first-order valence-corrected chi connectivity index (χ1v) is 12.2. The Balaban J connectivity index is 0.00000342. The maximum Gasteiger partial charge on any atom is 0.327 e. The van der Waals surface area contributed by atoms with Gasteiger partial charge in [0, 0.05) is 42.9 Å². The quantitative estimate of drug-likeness (QED) is 0.484. The third-order valence-corrected chi connectivity index (χ3v) is 7.27. The van der Waals surface area contributed by atoms with Crippen LogP contribution in [-0.2, 0) is 25.7 Å². The highest BCUT2D eigenvalue weighted by molar-refractivity contribution is 8.14. The molecule has 2 fully saturated rings. The minimum absolute atomic E-state index is 0. The van der Waals surface area contributed by atoms with Crippen molar-refractivity contribution in [2.45, 2.75) is 44.0 Å². The second-order valence-corrected chi connectivity index (χ2v) is 10.1. The van der Waals surface area contributed by atoms with Crippen molar-refractivity contribution in [2.24, 2.45) is 5.92 Å². The number of benzene rings is 1. The highest BCUT2D eigenvalue weighted by Crippen LogP contribution is 2.40. The van der Waals surface area contributed by atoms with Crippen molar-refractivity contribution >= 4 is 47.1 Å². The molecule has 2 unspecified atom stereocenters. The summed E-state index contributed by atoms with van der Waals surface area (Å²) in [7, 11) is 1.32. The van der Waals surface area contributed by atoms with E-state index in [9.17, 15) is 18.8 Å². The molecule has 2 aliphatic rings. The molecule has 10 heteroatoms. The standard InChI is InChI=1S/C25H28FN3O4S.ClH/c1-16(30)34-22-10-11-28(14-18(22)13-19-9-12-29(27-19)15-23(31)33-2)24(25(32)17-7-8-17)20-5-3-4-6-21(20)26;/h3-6,9,12-13,17,22,24H,7-8,10-11,14-15H2,1-2H3;1H. The Bertz CT molecular complexity index is 1120. The van der Waals surface area contributed by atoms with Gasteiger partial charge in [0.05, 0.1) is 18.8 Å². The number of likely N-dealkylation sites (tertiary alicyclic amines) is 1. The minimum atomic E-state index is -0.655. The molecule has 1 saturated heterocycles. The second kappa shape index (κ2) is 12.0. The van der Waals surface area contributed by atoms with Gasteiger partial charge in [0.25, 0.3) is 0 Å². The van der Waals surface area contributed by atoms with E-state index >= 15 is 0 Å². The van der Waals surface area contributed by atoms with E-state index in [0.717, 1.165) is 18.4 Å². The van der Waals surface area contributed by atoms with Crippen LogP contribution in [-0.4, -0.2) is 57.0 Å². The van der Waals surface area contributed by atoms with E-state index in [2.05, 4.69) is 9.84 Å². The van der Waals surface area contributed by atoms with E-state index in [-0.39, 0.29) is 46.8 Å². The van der Waals surface area contributed by atoms with E-state index in [1.165, 1.54) is 29.6 Å². The molecular formula is C25H29ClFN3O4S. The normalized spacial score (nSPS) is 20.2. The van der Waals surface area contributed by atoms with Gasteiger partial charge < -0.3 is 4.74 Å². The van der Waals surface area contributed by atoms with Crippen molar-refractivity contribution in [3.8, 4) is 0 Å². The van der Waals surface area contributed by atoms with Crippen LogP contribution in [0.3, 0.4) is 0 Å². The third-order valence-electron chi connectivity index (χ3n) is 6.11. The molecular weight excluding hydrogens is 493 g/mol. The van der Waals surface area contributed by atoms with Gasteiger partial charge in [-0.05, 0) is 43.0 Å². The molecule has 1 aromatic carbocycles. The van der Waals surface area contributed by atoms with Crippen LogP contribution in [0.4, 0.5) is 4.39 Å². The fraction of sp³-hybridized carbons (Fsp3) is 0.440. The van der Waals surface area contributed by atoms with Crippen LogP contribution in [0, 0.1) is 11.7 Å². The SMILES string of the molecule is COC(=O)Cn1ccc(C=C2CN(C(C(=O)C3CC3)c3ccccc3F)CCC2SC(C)=O)n1.Cl. The molecule has 35 heavy (non-hydrogen) atoms. The molecule has 0 radical (unpaired) electrons. The molecule has 2 aromatic rings. The van der Waals surface area contributed by atoms with Gasteiger partial charge >= 0.3 is 5.97 Å². The molecule has 1 saturated carbocycles. The first-order valence-electron chi connectivity index (χ1n) is 11.4. The summed E-state index contributed by atoms with van der Waals surface area (Å²) in [5.41, 5.74) is 1.99. The highest BCUT2D eigenvalue weighted by atomic mass is 35.5. The number of Topliss-reactive ketones (excluding diaryl/α,β-unsaturated/α-hetero) is 1. The van der Waals surface area contributed by atoms with Gasteiger partial charge in [-0.25, -0.2) is 4.39 Å². The summed E-state index contributed by atoms with van der Waals surface area (Å²) in [6, 6.07) is 7.60. The summed E-state index contributed by atoms with van der Waals surface area (Å²) in [4.78, 5) is 38.7. The van der Waals surface area contributed by atoms with Gasteiger partial charge in [-0.3, -0.25) is 24.0 Å². The van der Waals surface area contributed by atoms with E-state index in [1.807, 2.05) is 11.0 Å². The largest absolute Gasteiger partial charge is 0.468 e. The smallest absolute Gasteiger partial charge is 0.327 e. The van der Waals surface area contributed by atoms with E-state index in [4.69, 9.17) is 0 Å². The number of carbonyl (C=O) groups is 3. The number of thioether (sulfide) groups is 1. The number of ketones is 1. The van der Waals surface area contributed by atoms with E-state index in [1.54, 1.807) is 37.4 Å². The summed E-state index contributed by atoms with van der Waals surface area (Å²) in [6.07, 6.45) is 5.94. The van der Waals surface area contributed by atoms with Gasteiger partial charge in [-0.2, -0.15) is 5.10 Å². The van der Waals surface area contributed by atoms with Crippen molar-refractivity contribution in [3.63, 3.8) is 0 Å². The van der Waals surface area contributed by atoms with Crippen molar-refractivity contribution < 1.29 is 23.5 Å². The third kappa shape index (κ3) is 6.80. The van der Waals surface area contributed by atoms with Crippen LogP contribution in [0.15, 0.2) is 42.1 Å². The highest BCUT2D eigenvalue weighted by Gasteiger charge is 2.41. The first kappa shape index (κ1) is 27.1. The van der Waals surface area contributed by atoms with E-state index < -0.39 is 12.0 Å². The lowest BCUT2D eigenvalue weighted by molar-refractivity contribution is -0.141. The number of nitrogens with zero attached hydrogens (tertiary/aromatic N) is 3. The number of methoxy groups -OCH3 is 1. The number of halogens is 2. The molecule has 7 nitrogen and oxygen atoms in total. The fourth-order valence-corrected chi connectivity index (χ4v) is 5.24. The average molecular weight is 522 g/mol. The van der Waals surface area contributed by atoms with Crippen LogP contribution >= 0.6 is 24.2 Å². The number of aromatic nitrogens is 2. The zero-order valence-corrected chi connectivity index (χ0v) is 21.3. The summed E-state index contributed by atoms with van der Waals surface area (Å²) >= 11 is 1.26. The number of carbonyl (C=O) groups excluding carboxylic acids is 3. The Morgan fingerprint density at radius 3 is 2.63 bits per heavy atom. The molecule has 2 atom stereocenters. The minimum Gasteiger partial charge on any atom is -0.468 e. The summed E-state index contributed by atoms with van der Waals surface area (Å²) in [5, 5.41) is 4.38. The van der Waals surface area contributed by atoms with Crippen molar-refractivity contribution in [1.29, 1.82) is 0 Å². The summed E-state index contributed by atoms with van der Waals surface area (Å²) in [6.45, 7) is 2.55. The Labute approximate surface area is 214 Å². The Kier molecular flexibility index (Phi) is 9.27. The average Bonchev–Trinajstić information content (AvgIpc) is 3.57. The molecule has 0 N–H and O–H groups in total. The van der Waals surface area contributed by atoms with Crippen molar-refractivity contribution in [2.75, 3.05) is 20.2 Å². The maximum absolute atomic E-state index is 14.8. The van der Waals surface area contributed by atoms with Gasteiger partial charge in [-0.1, -0.05) is 30.0 Å². The molecule has 4 rings (SSSR count). The Morgan fingerprint density at radius 2 is 1.97 bits per heavy atom. The predicted octanol–water partition coefficient (Wildman–Crippen LogP) is 4.07. The van der Waals surface area contributed by atoms with Crippen LogP contribution < -0.4 is 0 Å². The van der Waals surface area contributed by atoms with Crippen LogP contribution in [0.25, 0.3) is 6.08 Å². The summed E-state index contributed by atoms with van der Waals surface area (Å²) < 4.78 is 21.0. The monoisotopic (exact) mass is 521 g/mol. The second-order valence-electron chi connectivity index (χ2n) is 8.69. The molecule has 1 aliphatic carbocycles. The van der Waals surface area contributed by atoms with Gasteiger partial charge in [0.1, 0.15) is 12.4 Å². The maximum atomic E-state index is 14.8. The molecule has 188 valence electrons. The van der Waals surface area contributed by atoms with Gasteiger partial charge in [-0.15, -0.1) is 12.4 Å². The number of ether oxygens (including phenoxy) is 1. The first-order chi connectivity index (χ1) is 16.4. The number of hydrogen-bond acceptors (Lipinski definition) is 7. The lowest BCUT2D eigenvalue weighted by Crippen LogP contribution is -2.43. The lowest BCUT2D eigenvalue weighted by atomic mass is 9.93. The van der Waals surface area contributed by atoms with Crippen molar-refractivity contribution in [3.05, 3.63) is 59.2 Å².